The molecule has 0 spiro atoms. The van der Waals surface area contributed by atoms with Gasteiger partial charge in [-0.05, 0) is 25.1 Å². The Morgan fingerprint density at radius 1 is 1.33 bits per heavy atom. The molecule has 0 fully saturated rings. The lowest BCUT2D eigenvalue weighted by molar-refractivity contribution is 0.584. The molecule has 0 aliphatic rings. The van der Waals surface area contributed by atoms with E-state index in [1.165, 1.54) is 18.5 Å². The Bertz CT molecular complexity index is 871. The number of hydrogen-bond acceptors (Lipinski definition) is 4. The first-order valence-electron chi connectivity index (χ1n) is 6.26. The molecule has 0 saturated heterocycles. The van der Waals surface area contributed by atoms with Gasteiger partial charge in [-0.2, -0.15) is 14.8 Å². The largest absolute Gasteiger partial charge is 0.244 e. The van der Waals surface area contributed by atoms with Crippen LogP contribution in [0.15, 0.2) is 36.8 Å². The number of nitrogens with zero attached hydrogens (tertiary/aromatic N) is 5. The summed E-state index contributed by atoms with van der Waals surface area (Å²) in [5, 5.41) is 13.4. The van der Waals surface area contributed by atoms with Crippen molar-refractivity contribution in [2.75, 3.05) is 0 Å². The van der Waals surface area contributed by atoms with Crippen molar-refractivity contribution in [1.82, 2.24) is 19.6 Å². The van der Waals surface area contributed by atoms with Gasteiger partial charge in [0.25, 0.3) is 0 Å². The molecule has 21 heavy (non-hydrogen) atoms. The van der Waals surface area contributed by atoms with Crippen LogP contribution in [-0.4, -0.2) is 19.6 Å². The molecule has 6 heteroatoms. The van der Waals surface area contributed by atoms with Gasteiger partial charge < -0.3 is 0 Å². The number of pyridine rings is 1. The first-order chi connectivity index (χ1) is 10.2. The third-order valence-electron chi connectivity index (χ3n) is 2.97. The van der Waals surface area contributed by atoms with Crippen LogP contribution in [0, 0.1) is 17.3 Å². The highest BCUT2D eigenvalue weighted by atomic mass is 19.1. The number of halogens is 1. The van der Waals surface area contributed by atoms with E-state index in [0.29, 0.717) is 28.0 Å². The second kappa shape index (κ2) is 5.13. The van der Waals surface area contributed by atoms with Gasteiger partial charge in [-0.15, -0.1) is 0 Å². The van der Waals surface area contributed by atoms with Gasteiger partial charge in [-0.1, -0.05) is 6.08 Å². The third-order valence-corrected chi connectivity index (χ3v) is 2.97. The quantitative estimate of drug-likeness (QED) is 0.676. The smallest absolute Gasteiger partial charge is 0.212 e. The van der Waals surface area contributed by atoms with Crippen molar-refractivity contribution >= 4 is 11.6 Å². The van der Waals surface area contributed by atoms with Crippen LogP contribution in [0.4, 0.5) is 4.39 Å². The lowest BCUT2D eigenvalue weighted by Gasteiger charge is -2.06. The summed E-state index contributed by atoms with van der Waals surface area (Å²) in [6, 6.07) is 4.93. The fraction of sp³-hybridized carbons (Fsp3) is 0.0667. The number of hydrogen-bond donors (Lipinski definition) is 0. The van der Waals surface area contributed by atoms with Crippen molar-refractivity contribution in [2.45, 2.75) is 6.92 Å². The number of rotatable bonds is 2. The van der Waals surface area contributed by atoms with E-state index in [4.69, 9.17) is 0 Å². The molecule has 0 aromatic carbocycles. The van der Waals surface area contributed by atoms with Gasteiger partial charge >= 0.3 is 0 Å². The molecule has 0 saturated carbocycles. The van der Waals surface area contributed by atoms with Crippen LogP contribution in [-0.2, 0) is 0 Å². The normalized spacial score (nSPS) is 11.1. The standard InChI is InChI=1S/C15H10FN5/c1-2-3-12-9-21-15(11(6-17)8-19-21)14(20-12)10-4-5-13(16)18-7-10/h2-5,7-9H,1H3/b3-2+. The van der Waals surface area contributed by atoms with E-state index < -0.39 is 5.95 Å². The molecule has 102 valence electrons. The molecule has 0 aliphatic carbocycles. The van der Waals surface area contributed by atoms with Crippen LogP contribution >= 0.6 is 0 Å². The predicted molar refractivity (Wildman–Crippen MR) is 75.6 cm³/mol. The Morgan fingerprint density at radius 2 is 2.19 bits per heavy atom. The summed E-state index contributed by atoms with van der Waals surface area (Å²) in [6.07, 6.45) is 8.29. The molecular weight excluding hydrogens is 269 g/mol. The highest BCUT2D eigenvalue weighted by Gasteiger charge is 2.14. The van der Waals surface area contributed by atoms with Crippen LogP contribution in [0.2, 0.25) is 0 Å². The lowest BCUT2D eigenvalue weighted by Crippen LogP contribution is -1.97. The topological polar surface area (TPSA) is 66.9 Å². The Hall–Kier alpha value is -3.07. The average Bonchev–Trinajstić information content (AvgIpc) is 2.91. The van der Waals surface area contributed by atoms with Crippen LogP contribution in [0.3, 0.4) is 0 Å². The molecule has 0 unspecified atom stereocenters. The van der Waals surface area contributed by atoms with Gasteiger partial charge in [-0.3, -0.25) is 0 Å². The molecule has 5 nitrogen and oxygen atoms in total. The van der Waals surface area contributed by atoms with Gasteiger partial charge in [0, 0.05) is 11.8 Å². The first kappa shape index (κ1) is 12.9. The fourth-order valence-electron chi connectivity index (χ4n) is 2.08. The van der Waals surface area contributed by atoms with Crippen molar-refractivity contribution in [1.29, 1.82) is 5.26 Å². The molecule has 3 aromatic heterocycles. The van der Waals surface area contributed by atoms with Crippen molar-refractivity contribution in [3.63, 3.8) is 0 Å². The molecule has 0 aliphatic heterocycles. The minimum atomic E-state index is -0.562. The summed E-state index contributed by atoms with van der Waals surface area (Å²) in [5.74, 6) is -0.562. The molecule has 0 N–H and O–H groups in total. The molecule has 3 heterocycles. The van der Waals surface area contributed by atoms with Gasteiger partial charge in [0.05, 0.1) is 23.8 Å². The lowest BCUT2D eigenvalue weighted by atomic mass is 10.1. The average molecular weight is 279 g/mol. The fourth-order valence-corrected chi connectivity index (χ4v) is 2.08. The minimum Gasteiger partial charge on any atom is -0.244 e. The Labute approximate surface area is 120 Å². The summed E-state index contributed by atoms with van der Waals surface area (Å²) < 4.78 is 14.6. The zero-order valence-corrected chi connectivity index (χ0v) is 11.2. The maximum atomic E-state index is 13.0. The van der Waals surface area contributed by atoms with Crippen molar-refractivity contribution in [3.8, 4) is 17.3 Å². The SMILES string of the molecule is C/C=C/c1cn2ncc(C#N)c2c(-c2ccc(F)nc2)n1. The number of allylic oxidation sites excluding steroid dienone is 1. The van der Waals surface area contributed by atoms with E-state index in [0.717, 1.165) is 0 Å². The Morgan fingerprint density at radius 3 is 2.86 bits per heavy atom. The van der Waals surface area contributed by atoms with E-state index in [9.17, 15) is 9.65 Å². The molecule has 3 aromatic rings. The summed E-state index contributed by atoms with van der Waals surface area (Å²) >= 11 is 0. The van der Waals surface area contributed by atoms with Crippen molar-refractivity contribution in [3.05, 3.63) is 54.0 Å². The van der Waals surface area contributed by atoms with Crippen LogP contribution in [0.25, 0.3) is 22.9 Å². The van der Waals surface area contributed by atoms with E-state index in [-0.39, 0.29) is 0 Å². The van der Waals surface area contributed by atoms with Crippen LogP contribution in [0.5, 0.6) is 0 Å². The molecule has 3 rings (SSSR count). The minimum absolute atomic E-state index is 0.411. The summed E-state index contributed by atoms with van der Waals surface area (Å²) in [5.41, 5.74) is 2.86. The zero-order valence-electron chi connectivity index (χ0n) is 11.2. The van der Waals surface area contributed by atoms with Gasteiger partial charge in [-0.25, -0.2) is 14.5 Å². The van der Waals surface area contributed by atoms with Gasteiger partial charge in [0.2, 0.25) is 5.95 Å². The maximum Gasteiger partial charge on any atom is 0.212 e. The maximum absolute atomic E-state index is 13.0. The molecule has 0 atom stereocenters. The predicted octanol–water partition coefficient (Wildman–Crippen LogP) is 2.84. The highest BCUT2D eigenvalue weighted by molar-refractivity contribution is 5.81. The Kier molecular flexibility index (Phi) is 3.16. The number of nitriles is 1. The Balaban J connectivity index is 2.34. The number of fused-ring (bicyclic) bond motifs is 1. The summed E-state index contributed by atoms with van der Waals surface area (Å²) in [7, 11) is 0. The second-order valence-electron chi connectivity index (χ2n) is 4.35. The zero-order chi connectivity index (χ0) is 14.8. The molecular formula is C15H10FN5. The van der Waals surface area contributed by atoms with Gasteiger partial charge in [0.1, 0.15) is 17.1 Å². The van der Waals surface area contributed by atoms with E-state index in [1.807, 2.05) is 19.1 Å². The van der Waals surface area contributed by atoms with E-state index in [2.05, 4.69) is 21.1 Å². The summed E-state index contributed by atoms with van der Waals surface area (Å²) in [6.45, 7) is 1.88. The second-order valence-corrected chi connectivity index (χ2v) is 4.35. The van der Waals surface area contributed by atoms with Gasteiger partial charge in [0.15, 0.2) is 0 Å². The highest BCUT2D eigenvalue weighted by Crippen LogP contribution is 2.25. The molecule has 0 amide bonds. The van der Waals surface area contributed by atoms with Crippen LogP contribution < -0.4 is 0 Å². The third kappa shape index (κ3) is 2.25. The van der Waals surface area contributed by atoms with Crippen molar-refractivity contribution in [2.24, 2.45) is 0 Å². The van der Waals surface area contributed by atoms with E-state index in [1.54, 1.807) is 16.8 Å². The molecule has 0 radical (unpaired) electrons. The number of aromatic nitrogens is 4. The van der Waals surface area contributed by atoms with E-state index >= 15 is 0 Å². The summed E-state index contributed by atoms with van der Waals surface area (Å²) in [4.78, 5) is 8.15. The first-order valence-corrected chi connectivity index (χ1v) is 6.26. The van der Waals surface area contributed by atoms with Crippen LogP contribution in [0.1, 0.15) is 18.2 Å². The monoisotopic (exact) mass is 279 g/mol. The van der Waals surface area contributed by atoms with Crippen molar-refractivity contribution < 1.29 is 4.39 Å². The molecule has 0 bridgehead atoms.